The zero-order valence-corrected chi connectivity index (χ0v) is 15.6. The first-order valence-electron chi connectivity index (χ1n) is 8.65. The maximum absolute atomic E-state index is 13.2. The van der Waals surface area contributed by atoms with Crippen LogP contribution in [0.5, 0.6) is 0 Å². The monoisotopic (exact) mass is 374 g/mol. The van der Waals surface area contributed by atoms with Gasteiger partial charge < -0.3 is 9.88 Å². The fourth-order valence-corrected chi connectivity index (χ4v) is 3.82. The van der Waals surface area contributed by atoms with Gasteiger partial charge in [-0.25, -0.2) is 0 Å². The minimum atomic E-state index is -0.175. The van der Waals surface area contributed by atoms with Crippen molar-refractivity contribution in [2.45, 2.75) is 13.5 Å². The number of pyridine rings is 1. The third-order valence-corrected chi connectivity index (χ3v) is 5.40. The molecule has 0 aliphatic rings. The van der Waals surface area contributed by atoms with Crippen LogP contribution < -0.4 is 10.5 Å². The van der Waals surface area contributed by atoms with Gasteiger partial charge in [-0.2, -0.15) is 0 Å². The van der Waals surface area contributed by atoms with Gasteiger partial charge in [0.15, 0.2) is 0 Å². The van der Waals surface area contributed by atoms with Gasteiger partial charge in [-0.3, -0.25) is 9.59 Å². The number of nitrogens with zero attached hydrogens (tertiary/aromatic N) is 1. The van der Waals surface area contributed by atoms with Crippen LogP contribution in [0.4, 0.5) is 5.69 Å². The van der Waals surface area contributed by atoms with Crippen LogP contribution in [0, 0.1) is 6.92 Å². The Morgan fingerprint density at radius 3 is 2.59 bits per heavy atom. The molecular weight excluding hydrogens is 356 g/mol. The van der Waals surface area contributed by atoms with Crippen LogP contribution >= 0.6 is 11.3 Å². The number of thiophene rings is 1. The lowest BCUT2D eigenvalue weighted by atomic mass is 10.1. The van der Waals surface area contributed by atoms with E-state index in [9.17, 15) is 9.59 Å². The average Bonchev–Trinajstić information content (AvgIpc) is 3.21. The molecule has 0 aliphatic heterocycles. The lowest BCUT2D eigenvalue weighted by molar-refractivity contribution is 0.0989. The van der Waals surface area contributed by atoms with Crippen molar-refractivity contribution in [3.05, 3.63) is 98.5 Å². The summed E-state index contributed by atoms with van der Waals surface area (Å²) in [6.07, 6.45) is 0. The number of aromatic nitrogens is 1. The molecule has 0 bridgehead atoms. The van der Waals surface area contributed by atoms with Gasteiger partial charge in [0, 0.05) is 16.8 Å². The number of fused-ring (bicyclic) bond motifs is 1. The van der Waals surface area contributed by atoms with Gasteiger partial charge in [0.05, 0.1) is 11.4 Å². The molecule has 0 saturated heterocycles. The molecule has 4 rings (SSSR count). The van der Waals surface area contributed by atoms with Crippen molar-refractivity contribution in [1.29, 1.82) is 0 Å². The Kier molecular flexibility index (Phi) is 4.60. The molecule has 27 heavy (non-hydrogen) atoms. The molecule has 0 aliphatic carbocycles. The minimum Gasteiger partial charge on any atom is -0.322 e. The number of amides is 1. The highest BCUT2D eigenvalue weighted by molar-refractivity contribution is 7.12. The second-order valence-corrected chi connectivity index (χ2v) is 7.31. The number of carbonyl (C=O) groups excluding carboxylic acids is 1. The second kappa shape index (κ2) is 7.21. The number of rotatable bonds is 4. The highest BCUT2D eigenvalue weighted by Gasteiger charge is 2.21. The first kappa shape index (κ1) is 17.2. The molecule has 0 spiro atoms. The number of hydrogen-bond acceptors (Lipinski definition) is 3. The fraction of sp³-hybridized carbons (Fsp3) is 0.0909. The molecule has 2 aromatic heterocycles. The lowest BCUT2D eigenvalue weighted by Crippen LogP contribution is -2.32. The number of H-pyrrole nitrogens is 1. The lowest BCUT2D eigenvalue weighted by Gasteiger charge is -2.24. The SMILES string of the molecule is Cc1ccccc1N(Cc1cc2ccccc2[nH]c1=O)C(=O)c1cccs1. The summed E-state index contributed by atoms with van der Waals surface area (Å²) in [5, 5.41) is 2.83. The quantitative estimate of drug-likeness (QED) is 0.561. The average molecular weight is 374 g/mol. The number of para-hydroxylation sites is 2. The van der Waals surface area contributed by atoms with Crippen molar-refractivity contribution in [3.63, 3.8) is 0 Å². The van der Waals surface area contributed by atoms with E-state index in [2.05, 4.69) is 4.98 Å². The van der Waals surface area contributed by atoms with E-state index in [0.29, 0.717) is 10.4 Å². The third-order valence-electron chi connectivity index (χ3n) is 4.54. The molecule has 0 saturated carbocycles. The summed E-state index contributed by atoms with van der Waals surface area (Å²) in [7, 11) is 0. The van der Waals surface area contributed by atoms with E-state index in [1.54, 1.807) is 4.90 Å². The molecule has 2 aromatic carbocycles. The zero-order valence-electron chi connectivity index (χ0n) is 14.8. The highest BCUT2D eigenvalue weighted by Crippen LogP contribution is 2.25. The summed E-state index contributed by atoms with van der Waals surface area (Å²) < 4.78 is 0. The summed E-state index contributed by atoms with van der Waals surface area (Å²) in [6, 6.07) is 20.9. The second-order valence-electron chi connectivity index (χ2n) is 6.37. The topological polar surface area (TPSA) is 53.2 Å². The van der Waals surface area contributed by atoms with Crippen LogP contribution in [-0.2, 0) is 6.54 Å². The van der Waals surface area contributed by atoms with E-state index in [0.717, 1.165) is 22.2 Å². The fourth-order valence-electron chi connectivity index (χ4n) is 3.15. The number of hydrogen-bond donors (Lipinski definition) is 1. The normalized spacial score (nSPS) is 10.9. The van der Waals surface area contributed by atoms with E-state index in [4.69, 9.17) is 0 Å². The maximum atomic E-state index is 13.2. The van der Waals surface area contributed by atoms with Crippen molar-refractivity contribution in [2.75, 3.05) is 4.90 Å². The molecule has 0 unspecified atom stereocenters. The highest BCUT2D eigenvalue weighted by atomic mass is 32.1. The molecule has 4 aromatic rings. The van der Waals surface area contributed by atoms with Gasteiger partial charge in [0.1, 0.15) is 0 Å². The summed E-state index contributed by atoms with van der Waals surface area (Å²) in [4.78, 5) is 31.0. The summed E-state index contributed by atoms with van der Waals surface area (Å²) >= 11 is 1.40. The summed E-state index contributed by atoms with van der Waals surface area (Å²) in [6.45, 7) is 2.18. The summed E-state index contributed by atoms with van der Waals surface area (Å²) in [5.41, 5.74) is 2.97. The molecule has 2 heterocycles. The van der Waals surface area contributed by atoms with E-state index in [1.807, 2.05) is 79.0 Å². The number of aryl methyl sites for hydroxylation is 1. The van der Waals surface area contributed by atoms with E-state index >= 15 is 0 Å². The van der Waals surface area contributed by atoms with E-state index in [1.165, 1.54) is 11.3 Å². The van der Waals surface area contributed by atoms with Gasteiger partial charge >= 0.3 is 0 Å². The Balaban J connectivity index is 1.80. The minimum absolute atomic E-state index is 0.105. The van der Waals surface area contributed by atoms with Gasteiger partial charge in [-0.15, -0.1) is 11.3 Å². The first-order valence-corrected chi connectivity index (χ1v) is 9.53. The Labute approximate surface area is 160 Å². The van der Waals surface area contributed by atoms with Crippen LogP contribution in [0.1, 0.15) is 20.8 Å². The molecule has 5 heteroatoms. The molecule has 1 N–H and O–H groups in total. The molecule has 134 valence electrons. The van der Waals surface area contributed by atoms with Crippen molar-refractivity contribution in [3.8, 4) is 0 Å². The summed E-state index contributed by atoms with van der Waals surface area (Å²) in [5.74, 6) is -0.105. The maximum Gasteiger partial charge on any atom is 0.268 e. The van der Waals surface area contributed by atoms with Crippen molar-refractivity contribution >= 4 is 33.8 Å². The number of aromatic amines is 1. The van der Waals surface area contributed by atoms with Crippen molar-refractivity contribution in [1.82, 2.24) is 4.98 Å². The Morgan fingerprint density at radius 1 is 1.04 bits per heavy atom. The predicted octanol–water partition coefficient (Wildman–Crippen LogP) is 4.75. The number of benzene rings is 2. The predicted molar refractivity (Wildman–Crippen MR) is 111 cm³/mol. The van der Waals surface area contributed by atoms with Gasteiger partial charge in [0.25, 0.3) is 11.5 Å². The largest absolute Gasteiger partial charge is 0.322 e. The smallest absolute Gasteiger partial charge is 0.268 e. The molecule has 0 fully saturated rings. The van der Waals surface area contributed by atoms with Crippen LogP contribution in [-0.4, -0.2) is 10.9 Å². The third kappa shape index (κ3) is 3.41. The van der Waals surface area contributed by atoms with E-state index < -0.39 is 0 Å². The van der Waals surface area contributed by atoms with Gasteiger partial charge in [-0.1, -0.05) is 42.5 Å². The number of carbonyl (C=O) groups is 1. The van der Waals surface area contributed by atoms with Crippen molar-refractivity contribution in [2.24, 2.45) is 0 Å². The molecule has 1 amide bonds. The Bertz CT molecular complexity index is 1160. The van der Waals surface area contributed by atoms with E-state index in [-0.39, 0.29) is 18.0 Å². The number of nitrogens with one attached hydrogen (secondary N) is 1. The van der Waals surface area contributed by atoms with Crippen LogP contribution in [0.15, 0.2) is 76.9 Å². The molecular formula is C22H18N2O2S. The number of anilines is 1. The van der Waals surface area contributed by atoms with Crippen molar-refractivity contribution < 1.29 is 4.79 Å². The molecule has 0 radical (unpaired) electrons. The van der Waals surface area contributed by atoms with Crippen LogP contribution in [0.25, 0.3) is 10.9 Å². The van der Waals surface area contributed by atoms with Gasteiger partial charge in [0.2, 0.25) is 0 Å². The first-order chi connectivity index (χ1) is 13.1. The van der Waals surface area contributed by atoms with Crippen LogP contribution in [0.2, 0.25) is 0 Å². The Hall–Kier alpha value is -3.18. The zero-order chi connectivity index (χ0) is 18.8. The molecule has 0 atom stereocenters. The standard InChI is InChI=1S/C22H18N2O2S/c1-15-7-2-5-10-19(15)24(22(26)20-11-6-12-27-20)14-17-13-16-8-3-4-9-18(16)23-21(17)25/h2-13H,14H2,1H3,(H,23,25). The van der Waals surface area contributed by atoms with Gasteiger partial charge in [-0.05, 0) is 47.5 Å². The molecule has 4 nitrogen and oxygen atoms in total. The Morgan fingerprint density at radius 2 is 1.81 bits per heavy atom. The van der Waals surface area contributed by atoms with Crippen LogP contribution in [0.3, 0.4) is 0 Å².